The van der Waals surface area contributed by atoms with Crippen LogP contribution < -0.4 is 10.1 Å². The van der Waals surface area contributed by atoms with E-state index in [2.05, 4.69) is 5.32 Å². The van der Waals surface area contributed by atoms with Gasteiger partial charge in [-0.15, -0.1) is 0 Å². The Kier molecular flexibility index (Phi) is 4.44. The van der Waals surface area contributed by atoms with Crippen molar-refractivity contribution in [1.82, 2.24) is 15.1 Å². The summed E-state index contributed by atoms with van der Waals surface area (Å²) in [5, 5.41) is 2.91. The fourth-order valence-corrected chi connectivity index (χ4v) is 3.05. The van der Waals surface area contributed by atoms with Crippen LogP contribution in [0.25, 0.3) is 0 Å². The van der Waals surface area contributed by atoms with Crippen molar-refractivity contribution in [3.05, 3.63) is 41.1 Å². The molecule has 2 aliphatic heterocycles. The summed E-state index contributed by atoms with van der Waals surface area (Å²) in [4.78, 5) is 28.3. The van der Waals surface area contributed by atoms with E-state index in [0.717, 1.165) is 17.0 Å². The first-order valence-corrected chi connectivity index (χ1v) is 7.76. The van der Waals surface area contributed by atoms with E-state index in [1.807, 2.05) is 24.3 Å². The molecule has 2 aliphatic rings. The summed E-state index contributed by atoms with van der Waals surface area (Å²) in [6.07, 6.45) is 0. The molecule has 0 aromatic heterocycles. The Morgan fingerprint density at radius 3 is 2.54 bits per heavy atom. The van der Waals surface area contributed by atoms with Crippen LogP contribution in [0.5, 0.6) is 5.75 Å². The predicted octanol–water partition coefficient (Wildman–Crippen LogP) is 1.13. The van der Waals surface area contributed by atoms with E-state index in [1.165, 1.54) is 4.90 Å². The lowest BCUT2D eigenvalue weighted by molar-refractivity contribution is -0.126. The molecule has 0 fully saturated rings. The summed E-state index contributed by atoms with van der Waals surface area (Å²) >= 11 is 0. The highest BCUT2D eigenvalue weighted by molar-refractivity contribution is 6.01. The first-order chi connectivity index (χ1) is 11.6. The largest absolute Gasteiger partial charge is 0.497 e. The van der Waals surface area contributed by atoms with Gasteiger partial charge in [0.1, 0.15) is 5.75 Å². The third kappa shape index (κ3) is 2.71. The number of likely N-dealkylation sites (N-methyl/N-ethyl adjacent to an activating group) is 1. The molecule has 0 radical (unpaired) electrons. The molecule has 7 nitrogen and oxygen atoms in total. The topological polar surface area (TPSA) is 71.1 Å². The lowest BCUT2D eigenvalue weighted by Crippen LogP contribution is -2.45. The first-order valence-electron chi connectivity index (χ1n) is 7.76. The van der Waals surface area contributed by atoms with Gasteiger partial charge < -0.3 is 19.7 Å². The summed E-state index contributed by atoms with van der Waals surface area (Å²) in [6, 6.07) is 6.71. The molecule has 128 valence electrons. The van der Waals surface area contributed by atoms with Gasteiger partial charge in [-0.1, -0.05) is 12.1 Å². The maximum absolute atomic E-state index is 12.8. The molecule has 1 aromatic carbocycles. The second kappa shape index (κ2) is 6.52. The van der Waals surface area contributed by atoms with E-state index in [-0.39, 0.29) is 11.9 Å². The number of hydrogen-bond acceptors (Lipinski definition) is 4. The van der Waals surface area contributed by atoms with E-state index in [9.17, 15) is 9.59 Å². The molecular formula is C17H21N3O4. The number of methoxy groups -OCH3 is 2. The highest BCUT2D eigenvalue weighted by atomic mass is 16.5. The molecule has 7 heteroatoms. The Morgan fingerprint density at radius 2 is 1.92 bits per heavy atom. The number of hydrogen-bond donors (Lipinski definition) is 1. The lowest BCUT2D eigenvalue weighted by Gasteiger charge is -2.31. The van der Waals surface area contributed by atoms with Crippen molar-refractivity contribution in [1.29, 1.82) is 0 Å². The van der Waals surface area contributed by atoms with Crippen LogP contribution in [0.1, 0.15) is 11.6 Å². The van der Waals surface area contributed by atoms with E-state index < -0.39 is 6.04 Å². The summed E-state index contributed by atoms with van der Waals surface area (Å²) < 4.78 is 10.2. The molecule has 0 saturated heterocycles. The molecule has 1 atom stereocenters. The van der Waals surface area contributed by atoms with Crippen LogP contribution >= 0.6 is 0 Å². The van der Waals surface area contributed by atoms with Crippen molar-refractivity contribution in [3.8, 4) is 5.75 Å². The molecule has 0 aliphatic carbocycles. The fourth-order valence-electron chi connectivity index (χ4n) is 3.05. The van der Waals surface area contributed by atoms with Gasteiger partial charge in [0.05, 0.1) is 37.6 Å². The van der Waals surface area contributed by atoms with Crippen molar-refractivity contribution in [3.63, 3.8) is 0 Å². The third-order valence-corrected chi connectivity index (χ3v) is 4.45. The highest BCUT2D eigenvalue weighted by Gasteiger charge is 2.42. The van der Waals surface area contributed by atoms with Gasteiger partial charge in [0.25, 0.3) is 5.91 Å². The molecule has 0 bridgehead atoms. The summed E-state index contributed by atoms with van der Waals surface area (Å²) in [5.41, 5.74) is 2.23. The van der Waals surface area contributed by atoms with Crippen molar-refractivity contribution in [2.45, 2.75) is 6.04 Å². The van der Waals surface area contributed by atoms with Crippen molar-refractivity contribution in [2.24, 2.45) is 0 Å². The molecule has 1 N–H and O–H groups in total. The van der Waals surface area contributed by atoms with Crippen molar-refractivity contribution in [2.75, 3.05) is 41.0 Å². The standard InChI is InChI=1S/C17H21N3O4/c1-19-13-10-20(8-9-23-2)16(21)14(13)15(18-17(19)22)11-4-6-12(24-3)7-5-11/h4-7,15H,8-10H2,1-3H3,(H,18,22)/t15-/m1/s1. The number of amides is 3. The Labute approximate surface area is 140 Å². The SMILES string of the molecule is COCCN1CC2=C(C1=O)[C@@H](c1ccc(OC)cc1)NC(=O)N2C. The lowest BCUT2D eigenvalue weighted by atomic mass is 9.95. The van der Waals surface area contributed by atoms with Gasteiger partial charge in [0.15, 0.2) is 0 Å². The highest BCUT2D eigenvalue weighted by Crippen LogP contribution is 2.35. The van der Waals surface area contributed by atoms with Crippen LogP contribution in [0.15, 0.2) is 35.5 Å². The Balaban J connectivity index is 1.94. The molecule has 3 rings (SSSR count). The molecular weight excluding hydrogens is 310 g/mol. The summed E-state index contributed by atoms with van der Waals surface area (Å²) in [6.45, 7) is 1.39. The van der Waals surface area contributed by atoms with E-state index >= 15 is 0 Å². The van der Waals surface area contributed by atoms with Gasteiger partial charge in [-0.2, -0.15) is 0 Å². The molecule has 3 amide bonds. The van der Waals surface area contributed by atoms with E-state index in [4.69, 9.17) is 9.47 Å². The van der Waals surface area contributed by atoms with E-state index in [1.54, 1.807) is 26.2 Å². The number of urea groups is 1. The zero-order valence-electron chi connectivity index (χ0n) is 14.0. The number of nitrogens with one attached hydrogen (secondary N) is 1. The third-order valence-electron chi connectivity index (χ3n) is 4.45. The number of nitrogens with zero attached hydrogens (tertiary/aromatic N) is 2. The smallest absolute Gasteiger partial charge is 0.322 e. The van der Waals surface area contributed by atoms with Gasteiger partial charge in [-0.05, 0) is 17.7 Å². The normalized spacial score (nSPS) is 20.4. The van der Waals surface area contributed by atoms with Crippen molar-refractivity contribution >= 4 is 11.9 Å². The number of ether oxygens (including phenoxy) is 2. The van der Waals surface area contributed by atoms with Crippen LogP contribution in [-0.2, 0) is 9.53 Å². The van der Waals surface area contributed by atoms with E-state index in [0.29, 0.717) is 25.3 Å². The minimum absolute atomic E-state index is 0.0604. The Hall–Kier alpha value is -2.54. The maximum atomic E-state index is 12.8. The predicted molar refractivity (Wildman–Crippen MR) is 87.5 cm³/mol. The average Bonchev–Trinajstić information content (AvgIpc) is 2.93. The minimum Gasteiger partial charge on any atom is -0.497 e. The first kappa shape index (κ1) is 16.3. The summed E-state index contributed by atoms with van der Waals surface area (Å²) in [5.74, 6) is 0.668. The second-order valence-corrected chi connectivity index (χ2v) is 5.79. The quantitative estimate of drug-likeness (QED) is 0.878. The number of benzene rings is 1. The molecule has 0 saturated carbocycles. The van der Waals surface area contributed by atoms with Crippen LogP contribution in [0, 0.1) is 0 Å². The molecule has 24 heavy (non-hydrogen) atoms. The average molecular weight is 331 g/mol. The number of carbonyl (C=O) groups excluding carboxylic acids is 2. The van der Waals surface area contributed by atoms with Gasteiger partial charge in [-0.3, -0.25) is 9.69 Å². The fraction of sp³-hybridized carbons (Fsp3) is 0.412. The number of rotatable bonds is 5. The van der Waals surface area contributed by atoms with Gasteiger partial charge in [0, 0.05) is 20.7 Å². The van der Waals surface area contributed by atoms with Gasteiger partial charge in [0.2, 0.25) is 0 Å². The Bertz CT molecular complexity index is 684. The molecule has 2 heterocycles. The zero-order valence-corrected chi connectivity index (χ0v) is 14.0. The van der Waals surface area contributed by atoms with Gasteiger partial charge in [-0.25, -0.2) is 4.79 Å². The van der Waals surface area contributed by atoms with Crippen LogP contribution in [0.4, 0.5) is 4.79 Å². The molecule has 0 spiro atoms. The van der Waals surface area contributed by atoms with Crippen LogP contribution in [0.2, 0.25) is 0 Å². The van der Waals surface area contributed by atoms with Gasteiger partial charge >= 0.3 is 6.03 Å². The van der Waals surface area contributed by atoms with Crippen LogP contribution in [-0.4, -0.2) is 62.7 Å². The maximum Gasteiger partial charge on any atom is 0.322 e. The second-order valence-electron chi connectivity index (χ2n) is 5.79. The molecule has 0 unspecified atom stereocenters. The Morgan fingerprint density at radius 1 is 1.21 bits per heavy atom. The zero-order chi connectivity index (χ0) is 17.3. The molecule has 1 aromatic rings. The minimum atomic E-state index is -0.449. The number of carbonyl (C=O) groups is 2. The van der Waals surface area contributed by atoms with Crippen molar-refractivity contribution < 1.29 is 19.1 Å². The summed E-state index contributed by atoms with van der Waals surface area (Å²) in [7, 11) is 4.88. The monoisotopic (exact) mass is 331 g/mol. The van der Waals surface area contributed by atoms with Crippen LogP contribution in [0.3, 0.4) is 0 Å².